The van der Waals surface area contributed by atoms with Gasteiger partial charge < -0.3 is 5.11 Å². The molecule has 19 heavy (non-hydrogen) atoms. The van der Waals surface area contributed by atoms with Gasteiger partial charge in [0.1, 0.15) is 0 Å². The fourth-order valence-corrected chi connectivity index (χ4v) is 3.35. The van der Waals surface area contributed by atoms with Crippen molar-refractivity contribution in [3.63, 3.8) is 0 Å². The number of aromatic nitrogens is 1. The van der Waals surface area contributed by atoms with Crippen molar-refractivity contribution in [2.45, 2.75) is 44.6 Å². The summed E-state index contributed by atoms with van der Waals surface area (Å²) in [7, 11) is 0. The Labute approximate surface area is 118 Å². The summed E-state index contributed by atoms with van der Waals surface area (Å²) in [5.41, 5.74) is 3.45. The molecule has 100 valence electrons. The molecule has 1 aliphatic carbocycles. The Hall–Kier alpha value is -1.19. The van der Waals surface area contributed by atoms with Crippen LogP contribution in [0.1, 0.15) is 53.1 Å². The summed E-state index contributed by atoms with van der Waals surface area (Å²) in [6, 6.07) is 8.45. The lowest BCUT2D eigenvalue weighted by Gasteiger charge is -2.26. The number of rotatable bonds is 4. The van der Waals surface area contributed by atoms with Gasteiger partial charge in [-0.15, -0.1) is 11.3 Å². The third-order valence-corrected chi connectivity index (χ3v) is 4.90. The van der Waals surface area contributed by atoms with E-state index in [0.717, 1.165) is 16.3 Å². The van der Waals surface area contributed by atoms with Gasteiger partial charge in [-0.3, -0.25) is 0 Å². The summed E-state index contributed by atoms with van der Waals surface area (Å²) in [5.74, 6) is 0.717. The quantitative estimate of drug-likeness (QED) is 0.913. The minimum Gasteiger partial charge on any atom is -0.388 e. The Bertz CT molecular complexity index is 559. The number of hydrogen-bond acceptors (Lipinski definition) is 3. The lowest BCUT2D eigenvalue weighted by molar-refractivity contribution is 0.178. The molecule has 0 spiro atoms. The van der Waals surface area contributed by atoms with E-state index in [0.29, 0.717) is 12.3 Å². The van der Waals surface area contributed by atoms with Crippen molar-refractivity contribution < 1.29 is 5.11 Å². The summed E-state index contributed by atoms with van der Waals surface area (Å²) in [6.45, 7) is 1.99. The number of aryl methyl sites for hydroxylation is 1. The third-order valence-electron chi connectivity index (χ3n) is 3.91. The van der Waals surface area contributed by atoms with E-state index in [1.165, 1.54) is 24.8 Å². The van der Waals surface area contributed by atoms with Gasteiger partial charge in [-0.1, -0.05) is 30.7 Å². The van der Waals surface area contributed by atoms with Crippen LogP contribution in [-0.4, -0.2) is 10.1 Å². The predicted octanol–water partition coefficient (Wildman–Crippen LogP) is 4.00. The molecule has 0 amide bonds. The van der Waals surface area contributed by atoms with Crippen molar-refractivity contribution in [1.29, 1.82) is 0 Å². The zero-order valence-corrected chi connectivity index (χ0v) is 12.0. The van der Waals surface area contributed by atoms with E-state index in [1.54, 1.807) is 11.3 Å². The van der Waals surface area contributed by atoms with Crippen LogP contribution in [0.2, 0.25) is 0 Å². The van der Waals surface area contributed by atoms with E-state index >= 15 is 0 Å². The van der Waals surface area contributed by atoms with Crippen LogP contribution in [0.3, 0.4) is 0 Å². The van der Waals surface area contributed by atoms with Crippen molar-refractivity contribution in [2.24, 2.45) is 0 Å². The van der Waals surface area contributed by atoms with E-state index in [4.69, 9.17) is 0 Å². The zero-order chi connectivity index (χ0) is 13.2. The van der Waals surface area contributed by atoms with E-state index in [1.807, 2.05) is 18.4 Å². The van der Waals surface area contributed by atoms with Gasteiger partial charge in [-0.25, -0.2) is 4.98 Å². The molecule has 0 saturated heterocycles. The van der Waals surface area contributed by atoms with Crippen LogP contribution in [0, 0.1) is 6.92 Å². The molecule has 3 heteroatoms. The summed E-state index contributed by atoms with van der Waals surface area (Å²) in [5, 5.41) is 13.4. The first-order valence-electron chi connectivity index (χ1n) is 6.91. The van der Waals surface area contributed by atoms with Gasteiger partial charge in [0.15, 0.2) is 0 Å². The van der Waals surface area contributed by atoms with Crippen molar-refractivity contribution in [1.82, 2.24) is 4.98 Å². The van der Waals surface area contributed by atoms with Crippen molar-refractivity contribution >= 4 is 11.3 Å². The smallest absolute Gasteiger partial charge is 0.0957 e. The highest BCUT2D eigenvalue weighted by atomic mass is 32.1. The number of nitrogens with zero attached hydrogens (tertiary/aromatic N) is 1. The fraction of sp³-hybridized carbons (Fsp3) is 0.438. The van der Waals surface area contributed by atoms with E-state index in [-0.39, 0.29) is 0 Å². The standard InChI is InChI=1S/C16H19NOS/c1-11-10-19-16(17-11)9-15(18)14-7-3-6-13(8-14)12-4-2-5-12/h3,6-8,10,12,15,18H,2,4-5,9H2,1H3. The normalized spacial score (nSPS) is 17.2. The second kappa shape index (κ2) is 5.43. The van der Waals surface area contributed by atoms with Crippen molar-refractivity contribution in [3.05, 3.63) is 51.5 Å². The highest BCUT2D eigenvalue weighted by Crippen LogP contribution is 2.37. The monoisotopic (exact) mass is 273 g/mol. The molecule has 0 bridgehead atoms. The van der Waals surface area contributed by atoms with Crippen LogP contribution >= 0.6 is 11.3 Å². The van der Waals surface area contributed by atoms with Gasteiger partial charge in [0.2, 0.25) is 0 Å². The predicted molar refractivity (Wildman–Crippen MR) is 78.5 cm³/mol. The van der Waals surface area contributed by atoms with Crippen LogP contribution in [0.15, 0.2) is 29.6 Å². The Morgan fingerprint density at radius 1 is 1.42 bits per heavy atom. The summed E-state index contributed by atoms with van der Waals surface area (Å²) in [4.78, 5) is 4.42. The van der Waals surface area contributed by atoms with Gasteiger partial charge in [-0.05, 0) is 36.8 Å². The minimum absolute atomic E-state index is 0.439. The average Bonchev–Trinajstić information content (AvgIpc) is 2.73. The Morgan fingerprint density at radius 2 is 2.26 bits per heavy atom. The first kappa shape index (κ1) is 12.8. The number of hydrogen-bond donors (Lipinski definition) is 1. The molecular weight excluding hydrogens is 254 g/mol. The molecule has 1 heterocycles. The van der Waals surface area contributed by atoms with Crippen molar-refractivity contribution in [3.8, 4) is 0 Å². The molecule has 1 N–H and O–H groups in total. The molecule has 1 saturated carbocycles. The van der Waals surface area contributed by atoms with Gasteiger partial charge >= 0.3 is 0 Å². The molecule has 0 aliphatic heterocycles. The molecule has 2 aromatic rings. The SMILES string of the molecule is Cc1csc(CC(O)c2cccc(C3CCC3)c2)n1. The van der Waals surface area contributed by atoms with Crippen LogP contribution in [0.25, 0.3) is 0 Å². The van der Waals surface area contributed by atoms with Gasteiger partial charge in [0.05, 0.1) is 11.1 Å². The Balaban J connectivity index is 1.73. The van der Waals surface area contributed by atoms with Gasteiger partial charge in [-0.2, -0.15) is 0 Å². The molecular formula is C16H19NOS. The third kappa shape index (κ3) is 2.88. The van der Waals surface area contributed by atoms with Gasteiger partial charge in [0, 0.05) is 17.5 Å². The molecule has 1 unspecified atom stereocenters. The van der Waals surface area contributed by atoms with E-state index in [2.05, 4.69) is 23.2 Å². The minimum atomic E-state index is -0.439. The molecule has 1 fully saturated rings. The van der Waals surface area contributed by atoms with Crippen LogP contribution in [-0.2, 0) is 6.42 Å². The zero-order valence-electron chi connectivity index (χ0n) is 11.2. The molecule has 3 rings (SSSR count). The number of benzene rings is 1. The number of aliphatic hydroxyl groups is 1. The van der Waals surface area contributed by atoms with E-state index < -0.39 is 6.10 Å². The first-order chi connectivity index (χ1) is 9.22. The first-order valence-corrected chi connectivity index (χ1v) is 7.79. The largest absolute Gasteiger partial charge is 0.388 e. The topological polar surface area (TPSA) is 33.1 Å². The summed E-state index contributed by atoms with van der Waals surface area (Å²) in [6.07, 6.45) is 4.12. The molecule has 1 aliphatic rings. The average molecular weight is 273 g/mol. The lowest BCUT2D eigenvalue weighted by atomic mass is 9.79. The number of aliphatic hydroxyl groups excluding tert-OH is 1. The summed E-state index contributed by atoms with van der Waals surface area (Å²) < 4.78 is 0. The summed E-state index contributed by atoms with van der Waals surface area (Å²) >= 11 is 1.63. The fourth-order valence-electron chi connectivity index (χ4n) is 2.54. The maximum atomic E-state index is 10.3. The molecule has 0 radical (unpaired) electrons. The van der Waals surface area contributed by atoms with E-state index in [9.17, 15) is 5.11 Å². The Kier molecular flexibility index (Phi) is 3.67. The molecule has 1 aromatic carbocycles. The maximum absolute atomic E-state index is 10.3. The maximum Gasteiger partial charge on any atom is 0.0957 e. The van der Waals surface area contributed by atoms with Crippen molar-refractivity contribution in [2.75, 3.05) is 0 Å². The number of thiazole rings is 1. The molecule has 2 nitrogen and oxygen atoms in total. The van der Waals surface area contributed by atoms with Crippen LogP contribution in [0.4, 0.5) is 0 Å². The highest BCUT2D eigenvalue weighted by molar-refractivity contribution is 7.09. The molecule has 1 atom stereocenters. The second-order valence-corrected chi connectivity index (χ2v) is 6.34. The second-order valence-electron chi connectivity index (χ2n) is 5.40. The lowest BCUT2D eigenvalue weighted by Crippen LogP contribution is -2.10. The van der Waals surface area contributed by atoms with Crippen LogP contribution in [0.5, 0.6) is 0 Å². The Morgan fingerprint density at radius 3 is 2.89 bits per heavy atom. The molecule has 1 aromatic heterocycles. The van der Waals surface area contributed by atoms with Gasteiger partial charge in [0.25, 0.3) is 0 Å². The highest BCUT2D eigenvalue weighted by Gasteiger charge is 2.20. The van der Waals surface area contributed by atoms with Crippen LogP contribution < -0.4 is 0 Å².